The Balaban J connectivity index is 1.60. The van der Waals surface area contributed by atoms with E-state index in [2.05, 4.69) is 22.8 Å². The molecule has 2 N–H and O–H groups in total. The summed E-state index contributed by atoms with van der Waals surface area (Å²) in [4.78, 5) is 26.7. The monoisotopic (exact) mass is 329 g/mol. The van der Waals surface area contributed by atoms with Gasteiger partial charge in [0.05, 0.1) is 24.7 Å². The molecule has 4 atom stereocenters. The van der Waals surface area contributed by atoms with Gasteiger partial charge in [0.25, 0.3) is 0 Å². The molecule has 1 aromatic carbocycles. The maximum Gasteiger partial charge on any atom is 0.325 e. The molecule has 0 radical (unpaired) electrons. The lowest BCUT2D eigenvalue weighted by Crippen LogP contribution is -2.68. The number of piperidine rings is 1. The molecule has 4 unspecified atom stereocenters. The fourth-order valence-corrected chi connectivity index (χ4v) is 4.21. The summed E-state index contributed by atoms with van der Waals surface area (Å²) < 4.78 is 5.69. The zero-order chi connectivity index (χ0) is 16.5. The number of carbonyl (C=O) groups excluding carboxylic acids is 2. The zero-order valence-corrected chi connectivity index (χ0v) is 13.6. The third-order valence-corrected chi connectivity index (χ3v) is 5.36. The Morgan fingerprint density at radius 3 is 2.75 bits per heavy atom. The highest BCUT2D eigenvalue weighted by Gasteiger charge is 2.48. The summed E-state index contributed by atoms with van der Waals surface area (Å²) >= 11 is 0. The smallest absolute Gasteiger partial charge is 0.325 e. The highest BCUT2D eigenvalue weighted by atomic mass is 16.5. The zero-order valence-electron chi connectivity index (χ0n) is 13.6. The van der Waals surface area contributed by atoms with Crippen LogP contribution in [0.1, 0.15) is 30.7 Å². The van der Waals surface area contributed by atoms with Crippen LogP contribution >= 0.6 is 0 Å². The Kier molecular flexibility index (Phi) is 4.24. The molecule has 0 aliphatic carbocycles. The number of amides is 3. The Hall–Kier alpha value is -1.92. The predicted molar refractivity (Wildman–Crippen MR) is 88.3 cm³/mol. The van der Waals surface area contributed by atoms with Crippen LogP contribution < -0.4 is 10.6 Å². The third kappa shape index (κ3) is 2.80. The summed E-state index contributed by atoms with van der Waals surface area (Å²) in [7, 11) is 0. The number of rotatable bonds is 3. The summed E-state index contributed by atoms with van der Waals surface area (Å²) in [6, 6.07) is 9.82. The van der Waals surface area contributed by atoms with Gasteiger partial charge < -0.3 is 9.64 Å². The number of hydrogen-bond acceptors (Lipinski definition) is 4. The van der Waals surface area contributed by atoms with Crippen molar-refractivity contribution in [1.82, 2.24) is 15.5 Å². The molecule has 3 amide bonds. The van der Waals surface area contributed by atoms with E-state index in [0.29, 0.717) is 6.54 Å². The van der Waals surface area contributed by atoms with E-state index in [1.165, 1.54) is 0 Å². The van der Waals surface area contributed by atoms with E-state index >= 15 is 0 Å². The summed E-state index contributed by atoms with van der Waals surface area (Å²) in [5.74, 6) is -0.313. The van der Waals surface area contributed by atoms with E-state index in [0.717, 1.165) is 38.0 Å². The highest BCUT2D eigenvalue weighted by molar-refractivity contribution is 5.99. The Labute approximate surface area is 141 Å². The molecule has 4 rings (SSSR count). The second kappa shape index (κ2) is 6.53. The van der Waals surface area contributed by atoms with Gasteiger partial charge in [0.2, 0.25) is 5.91 Å². The summed E-state index contributed by atoms with van der Waals surface area (Å²) in [5, 5.41) is 5.95. The average molecular weight is 329 g/mol. The topological polar surface area (TPSA) is 70.7 Å². The van der Waals surface area contributed by atoms with Gasteiger partial charge in [0, 0.05) is 6.61 Å². The maximum atomic E-state index is 12.6. The lowest BCUT2D eigenvalue weighted by molar-refractivity contribution is -0.131. The molecule has 0 bridgehead atoms. The van der Waals surface area contributed by atoms with Gasteiger partial charge >= 0.3 is 6.03 Å². The summed E-state index contributed by atoms with van der Waals surface area (Å²) in [6.45, 7) is 2.09. The lowest BCUT2D eigenvalue weighted by atomic mass is 9.77. The fourth-order valence-electron chi connectivity index (χ4n) is 4.21. The molecule has 3 aliphatic rings. The minimum absolute atomic E-state index is 0.0727. The van der Waals surface area contributed by atoms with E-state index in [9.17, 15) is 9.59 Å². The van der Waals surface area contributed by atoms with Crippen molar-refractivity contribution in [1.29, 1.82) is 0 Å². The van der Waals surface area contributed by atoms with Crippen molar-refractivity contribution in [2.75, 3.05) is 19.7 Å². The number of nitrogens with zero attached hydrogens (tertiary/aromatic N) is 1. The first-order valence-corrected chi connectivity index (χ1v) is 8.75. The molecule has 0 aromatic heterocycles. The van der Waals surface area contributed by atoms with Crippen LogP contribution in [-0.2, 0) is 9.53 Å². The van der Waals surface area contributed by atoms with E-state index in [1.807, 2.05) is 18.2 Å². The third-order valence-electron chi connectivity index (χ3n) is 5.36. The molecule has 0 saturated carbocycles. The first-order valence-electron chi connectivity index (χ1n) is 8.75. The number of benzene rings is 1. The normalized spacial score (nSPS) is 33.2. The van der Waals surface area contributed by atoms with Crippen LogP contribution in [0.3, 0.4) is 0 Å². The Bertz CT molecular complexity index is 615. The Morgan fingerprint density at radius 2 is 2.00 bits per heavy atom. The van der Waals surface area contributed by atoms with E-state index in [1.54, 1.807) is 4.90 Å². The maximum absolute atomic E-state index is 12.6. The van der Waals surface area contributed by atoms with Gasteiger partial charge in [0.1, 0.15) is 0 Å². The second-order valence-corrected chi connectivity index (χ2v) is 6.81. The molecular weight excluding hydrogens is 306 g/mol. The largest absolute Gasteiger partial charge is 0.376 e. The molecule has 3 fully saturated rings. The van der Waals surface area contributed by atoms with Crippen molar-refractivity contribution < 1.29 is 14.3 Å². The summed E-state index contributed by atoms with van der Waals surface area (Å²) in [6.07, 6.45) is 2.71. The van der Waals surface area contributed by atoms with Crippen LogP contribution in [0.5, 0.6) is 0 Å². The van der Waals surface area contributed by atoms with Crippen molar-refractivity contribution in [3.05, 3.63) is 35.9 Å². The van der Waals surface area contributed by atoms with Crippen LogP contribution in [-0.4, -0.2) is 48.8 Å². The highest BCUT2D eigenvalue weighted by Crippen LogP contribution is 2.36. The van der Waals surface area contributed by atoms with Crippen LogP contribution in [0.25, 0.3) is 0 Å². The predicted octanol–water partition coefficient (Wildman–Crippen LogP) is 1.44. The number of carbonyl (C=O) groups is 2. The quantitative estimate of drug-likeness (QED) is 0.880. The van der Waals surface area contributed by atoms with Crippen LogP contribution in [0, 0.1) is 5.92 Å². The van der Waals surface area contributed by atoms with Crippen molar-refractivity contribution >= 4 is 11.9 Å². The van der Waals surface area contributed by atoms with Gasteiger partial charge in [-0.05, 0) is 37.3 Å². The molecule has 1 aromatic rings. The van der Waals surface area contributed by atoms with Crippen molar-refractivity contribution in [3.63, 3.8) is 0 Å². The average Bonchev–Trinajstić information content (AvgIpc) is 3.12. The minimum atomic E-state index is -0.307. The molecule has 128 valence electrons. The van der Waals surface area contributed by atoms with E-state index in [-0.39, 0.29) is 36.0 Å². The number of hydrogen-bond donors (Lipinski definition) is 2. The van der Waals surface area contributed by atoms with Gasteiger partial charge in [-0.25, -0.2) is 4.79 Å². The number of imide groups is 1. The van der Waals surface area contributed by atoms with Crippen LogP contribution in [0.15, 0.2) is 30.3 Å². The van der Waals surface area contributed by atoms with E-state index in [4.69, 9.17) is 4.74 Å². The van der Waals surface area contributed by atoms with Crippen LogP contribution in [0.4, 0.5) is 4.79 Å². The number of fused-ring (bicyclic) bond motifs is 1. The van der Waals surface area contributed by atoms with Gasteiger partial charge in [-0.3, -0.25) is 15.4 Å². The first kappa shape index (κ1) is 15.6. The molecular formula is C18H23N3O3. The SMILES string of the molecule is O=C1NC(=O)N(CC2CCCO2)C2NCCC(c3ccccc3)C12. The Morgan fingerprint density at radius 1 is 1.17 bits per heavy atom. The number of nitrogens with one attached hydrogen (secondary N) is 2. The molecule has 24 heavy (non-hydrogen) atoms. The van der Waals surface area contributed by atoms with Gasteiger partial charge in [-0.1, -0.05) is 30.3 Å². The molecule has 3 heterocycles. The molecule has 6 nitrogen and oxygen atoms in total. The van der Waals surface area contributed by atoms with Gasteiger partial charge in [0.15, 0.2) is 0 Å². The molecule has 6 heteroatoms. The van der Waals surface area contributed by atoms with Crippen molar-refractivity contribution in [2.24, 2.45) is 5.92 Å². The van der Waals surface area contributed by atoms with Crippen LogP contribution in [0.2, 0.25) is 0 Å². The van der Waals surface area contributed by atoms with Gasteiger partial charge in [-0.15, -0.1) is 0 Å². The lowest BCUT2D eigenvalue weighted by Gasteiger charge is -2.47. The number of ether oxygens (including phenoxy) is 1. The number of urea groups is 1. The molecule has 3 saturated heterocycles. The van der Waals surface area contributed by atoms with Crippen molar-refractivity contribution in [2.45, 2.75) is 37.5 Å². The standard InChI is InChI=1S/C18H23N3O3/c22-17-15-14(12-5-2-1-3-6-12)8-9-19-16(15)21(18(23)20-17)11-13-7-4-10-24-13/h1-3,5-6,13-16,19H,4,7-11H2,(H,20,22,23). The van der Waals surface area contributed by atoms with Crippen molar-refractivity contribution in [3.8, 4) is 0 Å². The molecule has 3 aliphatic heterocycles. The summed E-state index contributed by atoms with van der Waals surface area (Å²) in [5.41, 5.74) is 1.16. The first-order chi connectivity index (χ1) is 11.7. The second-order valence-electron chi connectivity index (χ2n) is 6.81. The minimum Gasteiger partial charge on any atom is -0.376 e. The fraction of sp³-hybridized carbons (Fsp3) is 0.556. The molecule has 0 spiro atoms. The van der Waals surface area contributed by atoms with E-state index < -0.39 is 0 Å². The van der Waals surface area contributed by atoms with Gasteiger partial charge in [-0.2, -0.15) is 0 Å².